The molecule has 1 N–H and O–H groups in total. The fraction of sp³-hybridized carbons (Fsp3) is 0.433. The second kappa shape index (κ2) is 10.9. The summed E-state index contributed by atoms with van der Waals surface area (Å²) in [6.45, 7) is 0. The lowest BCUT2D eigenvalue weighted by atomic mass is 9.90. The van der Waals surface area contributed by atoms with Gasteiger partial charge < -0.3 is 5.11 Å². The van der Waals surface area contributed by atoms with Gasteiger partial charge in [0.25, 0.3) is 0 Å². The Labute approximate surface area is 240 Å². The van der Waals surface area contributed by atoms with Gasteiger partial charge in [-0.2, -0.15) is 4.39 Å². The van der Waals surface area contributed by atoms with Gasteiger partial charge in [-0.05, 0) is 48.9 Å². The van der Waals surface area contributed by atoms with E-state index in [1.165, 1.54) is 28.0 Å². The molecule has 2 fully saturated rings. The molecular weight excluding hydrogens is 550 g/mol. The van der Waals surface area contributed by atoms with Crippen LogP contribution < -0.4 is 9.80 Å². The summed E-state index contributed by atoms with van der Waals surface area (Å²) in [4.78, 5) is 49.6. The number of hydrogen-bond donors (Lipinski definition) is 1. The fourth-order valence-corrected chi connectivity index (χ4v) is 6.98. The molecule has 0 bridgehead atoms. The molecule has 11 heteroatoms. The first-order valence-electron chi connectivity index (χ1n) is 14.0. The molecule has 214 valence electrons. The maximum Gasteiger partial charge on any atom is 0.304 e. The quantitative estimate of drug-likeness (QED) is 0.341. The van der Waals surface area contributed by atoms with E-state index in [1.807, 2.05) is 0 Å². The maximum absolute atomic E-state index is 15.6. The molecule has 8 nitrogen and oxygen atoms in total. The van der Waals surface area contributed by atoms with Crippen molar-refractivity contribution >= 4 is 40.1 Å². The second-order valence-corrected chi connectivity index (χ2v) is 12.2. The standard InChI is InChI=1S/C30H30F2N4O4S/c1-35-24(37)12-17-11-19(15-33-28(17)35)22-9-6-20(31)14-23(22)26-27(32)41-30(34-26)36(21-7-8-21)29(40)18(13-25(38)39)10-16-4-2-3-5-16/h6,9,11,14-16,18,21H,2-5,7-8,10,12-13H2,1H3,(H,38,39). The summed E-state index contributed by atoms with van der Waals surface area (Å²) < 4.78 is 30.1. The molecule has 6 rings (SSSR count). The zero-order valence-corrected chi connectivity index (χ0v) is 23.4. The van der Waals surface area contributed by atoms with Gasteiger partial charge in [-0.1, -0.05) is 43.1 Å². The average molecular weight is 581 g/mol. The number of aliphatic carboxylic acids is 1. The first-order chi connectivity index (χ1) is 19.7. The van der Waals surface area contributed by atoms with Crippen LogP contribution in [-0.4, -0.2) is 45.9 Å². The topological polar surface area (TPSA) is 104 Å². The number of likely N-dealkylation sites (N-methyl/N-ethyl adjacent to an activating group) is 1. The Balaban J connectivity index is 1.36. The molecule has 2 saturated carbocycles. The van der Waals surface area contributed by atoms with Crippen molar-refractivity contribution in [1.82, 2.24) is 9.97 Å². The van der Waals surface area contributed by atoms with Crippen LogP contribution in [0.25, 0.3) is 22.4 Å². The summed E-state index contributed by atoms with van der Waals surface area (Å²) in [5.74, 6) is -1.89. The van der Waals surface area contributed by atoms with Crippen molar-refractivity contribution in [2.24, 2.45) is 11.8 Å². The first kappa shape index (κ1) is 27.4. The highest BCUT2D eigenvalue weighted by molar-refractivity contribution is 7.14. The number of amides is 2. The molecule has 1 atom stereocenters. The van der Waals surface area contributed by atoms with E-state index in [0.717, 1.165) is 44.1 Å². The summed E-state index contributed by atoms with van der Waals surface area (Å²) in [5, 5.41) is 9.04. The van der Waals surface area contributed by atoms with Crippen molar-refractivity contribution < 1.29 is 28.3 Å². The Morgan fingerprint density at radius 1 is 1.15 bits per heavy atom. The van der Waals surface area contributed by atoms with Crippen LogP contribution in [-0.2, 0) is 20.8 Å². The summed E-state index contributed by atoms with van der Waals surface area (Å²) in [5.41, 5.74) is 1.93. The molecule has 2 aliphatic carbocycles. The summed E-state index contributed by atoms with van der Waals surface area (Å²) >= 11 is 0.714. The normalized spacial score (nSPS) is 17.6. The molecule has 1 unspecified atom stereocenters. The Hall–Kier alpha value is -3.73. The number of carbonyl (C=O) groups excluding carboxylic acids is 2. The second-order valence-electron chi connectivity index (χ2n) is 11.3. The minimum Gasteiger partial charge on any atom is -0.481 e. The van der Waals surface area contributed by atoms with Crippen LogP contribution in [0.4, 0.5) is 19.7 Å². The molecule has 2 amide bonds. The number of carbonyl (C=O) groups is 3. The molecule has 1 aliphatic heterocycles. The van der Waals surface area contributed by atoms with E-state index in [9.17, 15) is 23.9 Å². The smallest absolute Gasteiger partial charge is 0.304 e. The van der Waals surface area contributed by atoms with Gasteiger partial charge >= 0.3 is 5.97 Å². The highest BCUT2D eigenvalue weighted by atomic mass is 32.1. The third-order valence-corrected chi connectivity index (χ3v) is 9.16. The minimum atomic E-state index is -1.04. The number of halogens is 2. The fourth-order valence-electron chi connectivity index (χ4n) is 6.10. The number of fused-ring (bicyclic) bond motifs is 1. The van der Waals surface area contributed by atoms with E-state index in [4.69, 9.17) is 0 Å². The predicted octanol–water partition coefficient (Wildman–Crippen LogP) is 5.84. The third-order valence-electron chi connectivity index (χ3n) is 8.32. The molecule has 0 spiro atoms. The number of thiazole rings is 1. The van der Waals surface area contributed by atoms with Gasteiger partial charge in [-0.25, -0.2) is 14.4 Å². The minimum absolute atomic E-state index is 0.0851. The van der Waals surface area contributed by atoms with Crippen molar-refractivity contribution in [3.8, 4) is 22.4 Å². The van der Waals surface area contributed by atoms with E-state index < -0.39 is 22.8 Å². The predicted molar refractivity (Wildman–Crippen MR) is 151 cm³/mol. The van der Waals surface area contributed by atoms with E-state index in [0.29, 0.717) is 40.6 Å². The van der Waals surface area contributed by atoms with Gasteiger partial charge in [0.2, 0.25) is 16.9 Å². The van der Waals surface area contributed by atoms with E-state index in [-0.39, 0.29) is 47.1 Å². The zero-order valence-electron chi connectivity index (χ0n) is 22.6. The van der Waals surface area contributed by atoms with Crippen molar-refractivity contribution in [2.75, 3.05) is 16.8 Å². The van der Waals surface area contributed by atoms with Gasteiger partial charge in [-0.15, -0.1) is 0 Å². The largest absolute Gasteiger partial charge is 0.481 e. The Bertz CT molecular complexity index is 1530. The first-order valence-corrected chi connectivity index (χ1v) is 14.8. The Kier molecular flexibility index (Phi) is 7.31. The molecule has 3 aliphatic rings. The maximum atomic E-state index is 15.6. The van der Waals surface area contributed by atoms with E-state index in [2.05, 4.69) is 9.97 Å². The van der Waals surface area contributed by atoms with Gasteiger partial charge in [0.1, 0.15) is 17.3 Å². The van der Waals surface area contributed by atoms with E-state index in [1.54, 1.807) is 19.3 Å². The lowest BCUT2D eigenvalue weighted by Gasteiger charge is -2.26. The Morgan fingerprint density at radius 3 is 2.61 bits per heavy atom. The zero-order chi connectivity index (χ0) is 28.8. The van der Waals surface area contributed by atoms with Crippen LogP contribution in [0, 0.1) is 22.8 Å². The van der Waals surface area contributed by atoms with Crippen molar-refractivity contribution in [3.05, 3.63) is 47.0 Å². The van der Waals surface area contributed by atoms with Gasteiger partial charge in [0.05, 0.1) is 12.8 Å². The number of nitrogens with zero attached hydrogens (tertiary/aromatic N) is 4. The van der Waals surface area contributed by atoms with Crippen LogP contribution in [0.5, 0.6) is 0 Å². The highest BCUT2D eigenvalue weighted by Crippen LogP contribution is 2.43. The molecular formula is C30H30F2N4O4S. The molecule has 3 aromatic rings. The highest BCUT2D eigenvalue weighted by Gasteiger charge is 2.41. The van der Waals surface area contributed by atoms with Crippen molar-refractivity contribution in [2.45, 2.75) is 63.8 Å². The molecule has 1 aromatic carbocycles. The lowest BCUT2D eigenvalue weighted by molar-refractivity contribution is -0.141. The average Bonchev–Trinajstić information content (AvgIpc) is 3.35. The van der Waals surface area contributed by atoms with Crippen LogP contribution in [0.3, 0.4) is 0 Å². The van der Waals surface area contributed by atoms with Crippen molar-refractivity contribution in [3.63, 3.8) is 0 Å². The summed E-state index contributed by atoms with van der Waals surface area (Å²) in [6.07, 6.45) is 7.53. The third kappa shape index (κ3) is 5.47. The number of rotatable bonds is 9. The van der Waals surface area contributed by atoms with Crippen molar-refractivity contribution in [1.29, 1.82) is 0 Å². The number of anilines is 2. The SMILES string of the molecule is CN1C(=O)Cc2cc(-c3ccc(F)cc3-c3nc(N(C(=O)C(CC(=O)O)CC4CCCC4)C4CC4)sc3F)cnc21. The van der Waals surface area contributed by atoms with Gasteiger partial charge in [-0.3, -0.25) is 24.2 Å². The lowest BCUT2D eigenvalue weighted by Crippen LogP contribution is -2.39. The molecule has 2 aromatic heterocycles. The van der Waals surface area contributed by atoms with Gasteiger partial charge in [0.15, 0.2) is 5.13 Å². The number of carboxylic acid groups (broad SMARTS) is 1. The van der Waals surface area contributed by atoms with Crippen LogP contribution in [0.15, 0.2) is 30.5 Å². The molecule has 0 saturated heterocycles. The summed E-state index contributed by atoms with van der Waals surface area (Å²) in [6, 6.07) is 5.64. The Morgan fingerprint density at radius 2 is 1.90 bits per heavy atom. The molecule has 41 heavy (non-hydrogen) atoms. The number of carboxylic acids is 1. The van der Waals surface area contributed by atoms with Crippen LogP contribution in [0.1, 0.15) is 56.9 Å². The number of pyridine rings is 1. The molecule has 3 heterocycles. The van der Waals surface area contributed by atoms with E-state index >= 15 is 4.39 Å². The van der Waals surface area contributed by atoms with Crippen LogP contribution >= 0.6 is 11.3 Å². The van der Waals surface area contributed by atoms with Crippen LogP contribution in [0.2, 0.25) is 0 Å². The number of benzene rings is 1. The molecule has 0 radical (unpaired) electrons. The summed E-state index contributed by atoms with van der Waals surface area (Å²) in [7, 11) is 1.65. The number of hydrogen-bond acceptors (Lipinski definition) is 6. The van der Waals surface area contributed by atoms with Gasteiger partial charge in [0, 0.05) is 41.9 Å². The number of aromatic nitrogens is 2. The monoisotopic (exact) mass is 580 g/mol.